The molecule has 1 aliphatic heterocycles. The van der Waals surface area contributed by atoms with Gasteiger partial charge in [-0.05, 0) is 62.9 Å². The minimum atomic E-state index is -1.40. The quantitative estimate of drug-likeness (QED) is 0.00941. The fourth-order valence-electron chi connectivity index (χ4n) is 6.61. The van der Waals surface area contributed by atoms with Crippen LogP contribution in [0.4, 0.5) is 23.1 Å². The van der Waals surface area contributed by atoms with Crippen molar-refractivity contribution < 1.29 is 48.6 Å². The number of amides is 7. The molecule has 0 fully saturated rings. The summed E-state index contributed by atoms with van der Waals surface area (Å²) in [4.78, 5) is 117. The van der Waals surface area contributed by atoms with Crippen molar-refractivity contribution in [3.63, 3.8) is 0 Å². The third-order valence-electron chi connectivity index (χ3n) is 10.2. The van der Waals surface area contributed by atoms with Gasteiger partial charge in [0, 0.05) is 54.7 Å². The molecule has 0 saturated carbocycles. The maximum atomic E-state index is 13.3. The second-order valence-electron chi connectivity index (χ2n) is 15.3. The maximum Gasteiger partial charge on any atom is 0.326 e. The molecule has 17 N–H and O–H groups in total. The molecule has 2 atom stereocenters. The number of carbonyl (C=O) groups is 8. The smallest absolute Gasteiger partial charge is 0.326 e. The molecule has 2 aromatic heterocycles. The zero-order chi connectivity index (χ0) is 50.2. The van der Waals surface area contributed by atoms with Gasteiger partial charge >= 0.3 is 5.97 Å². The zero-order valence-corrected chi connectivity index (χ0v) is 37.1. The number of carbonyl (C=O) groups excluding carboxylic acids is 7. The molecule has 364 valence electrons. The molecular weight excluding hydrogens is 903 g/mol. The van der Waals surface area contributed by atoms with Gasteiger partial charge in [0.1, 0.15) is 17.8 Å². The summed E-state index contributed by atoms with van der Waals surface area (Å²) in [6.45, 7) is 1.35. The number of fused-ring (bicyclic) bond motifs is 1. The molecule has 4 aromatic rings. The van der Waals surface area contributed by atoms with E-state index >= 15 is 0 Å². The number of aliphatic carboxylic acids is 1. The van der Waals surface area contributed by atoms with E-state index in [9.17, 15) is 48.6 Å². The van der Waals surface area contributed by atoms with Crippen molar-refractivity contribution in [2.24, 2.45) is 16.7 Å². The van der Waals surface area contributed by atoms with Crippen LogP contribution in [-0.4, -0.2) is 120 Å². The zero-order valence-electron chi connectivity index (χ0n) is 37.1. The normalized spacial score (nSPS) is 13.1. The highest BCUT2D eigenvalue weighted by Crippen LogP contribution is 2.24. The number of aromatic hydroxyl groups is 1. The number of carboxylic acids is 1. The molecule has 7 amide bonds. The van der Waals surface area contributed by atoms with Gasteiger partial charge in [-0.15, -0.1) is 5.10 Å². The molecular formula is C42H51N17O10. The van der Waals surface area contributed by atoms with Gasteiger partial charge in [0.15, 0.2) is 22.8 Å². The summed E-state index contributed by atoms with van der Waals surface area (Å²) < 4.78 is 0. The van der Waals surface area contributed by atoms with Crippen LogP contribution in [0.25, 0.3) is 11.2 Å². The van der Waals surface area contributed by atoms with Crippen molar-refractivity contribution in [1.82, 2.24) is 51.6 Å². The molecule has 27 nitrogen and oxygen atoms in total. The molecule has 0 radical (unpaired) electrons. The number of anilines is 4. The average molecular weight is 954 g/mol. The van der Waals surface area contributed by atoms with E-state index in [1.54, 1.807) is 0 Å². The van der Waals surface area contributed by atoms with Gasteiger partial charge in [0.05, 0.1) is 36.1 Å². The second kappa shape index (κ2) is 24.0. The van der Waals surface area contributed by atoms with E-state index in [1.807, 2.05) is 5.53 Å². The Labute approximate surface area is 392 Å². The number of rotatable bonds is 24. The maximum absolute atomic E-state index is 13.3. The van der Waals surface area contributed by atoms with Crippen molar-refractivity contribution in [3.05, 3.63) is 77.1 Å². The van der Waals surface area contributed by atoms with Crippen LogP contribution in [0.1, 0.15) is 77.4 Å². The number of hydrazone groups is 1. The highest BCUT2D eigenvalue weighted by Gasteiger charge is 2.25. The number of hydrazine groups is 1. The molecule has 2 aromatic carbocycles. The van der Waals surface area contributed by atoms with E-state index in [1.165, 1.54) is 61.7 Å². The summed E-state index contributed by atoms with van der Waals surface area (Å²) in [5, 5.41) is 39.8. The lowest BCUT2D eigenvalue weighted by Gasteiger charge is -2.17. The fraction of sp³-hybridized carbons (Fsp3) is 0.310. The number of imide groups is 1. The topological polar surface area (TPSA) is 432 Å². The molecule has 0 saturated heterocycles. The van der Waals surface area contributed by atoms with E-state index in [-0.39, 0.29) is 102 Å². The Balaban J connectivity index is 1.06. The largest absolute Gasteiger partial charge is 0.507 e. The van der Waals surface area contributed by atoms with Crippen LogP contribution >= 0.6 is 0 Å². The van der Waals surface area contributed by atoms with E-state index in [0.717, 1.165) is 4.90 Å². The van der Waals surface area contributed by atoms with E-state index in [2.05, 4.69) is 56.9 Å². The van der Waals surface area contributed by atoms with Gasteiger partial charge in [-0.2, -0.15) is 9.97 Å². The summed E-state index contributed by atoms with van der Waals surface area (Å²) in [6.07, 6.45) is 5.49. The third-order valence-corrected chi connectivity index (χ3v) is 10.2. The second-order valence-corrected chi connectivity index (χ2v) is 15.3. The number of amidine groups is 1. The van der Waals surface area contributed by atoms with E-state index in [4.69, 9.17) is 23.0 Å². The summed E-state index contributed by atoms with van der Waals surface area (Å²) in [5.74, 6) is -0.661. The van der Waals surface area contributed by atoms with Crippen molar-refractivity contribution >= 4 is 87.5 Å². The van der Waals surface area contributed by atoms with Crippen LogP contribution < -0.4 is 60.5 Å². The number of hydrogen-bond acceptors (Lipinski definition) is 19. The molecule has 2 unspecified atom stereocenters. The Bertz CT molecular complexity index is 2680. The number of carboxylic acid groups (broad SMARTS) is 1. The number of phenolic OH excluding ortho intramolecular Hbond substituents is 1. The number of nitrogens with two attached hydrogens (primary N) is 4. The fourth-order valence-corrected chi connectivity index (χ4v) is 6.61. The van der Waals surface area contributed by atoms with Gasteiger partial charge in [-0.25, -0.2) is 26.1 Å². The number of unbranched alkanes of at least 4 members (excludes halogenated alkanes) is 2. The van der Waals surface area contributed by atoms with Crippen LogP contribution in [0.15, 0.2) is 59.8 Å². The molecule has 0 aliphatic carbocycles. The third kappa shape index (κ3) is 14.5. The lowest BCUT2D eigenvalue weighted by atomic mass is 10.0. The summed E-state index contributed by atoms with van der Waals surface area (Å²) in [6, 6.07) is 5.67. The SMILES string of the molecule is CC(NC(=O)CNC(=O)CCCCCN1C(=O)C=CC1=O)C(=O)Nc1ccc(C(=O)NCCCC(NC(=O)c2ccc(NCc3cnc4nc(N)nc(N)c4n3)cc2O)C(=O)O)c(/C(N)=N/NN)c1. The number of aromatic nitrogens is 4. The van der Waals surface area contributed by atoms with Crippen LogP contribution in [0.3, 0.4) is 0 Å². The number of hydrogen-bond donors (Lipinski definition) is 13. The minimum absolute atomic E-state index is 0.00212. The van der Waals surface area contributed by atoms with Crippen LogP contribution in [0.2, 0.25) is 0 Å². The van der Waals surface area contributed by atoms with Gasteiger partial charge in [-0.1, -0.05) is 6.42 Å². The summed E-state index contributed by atoms with van der Waals surface area (Å²) in [5.41, 5.74) is 20.9. The van der Waals surface area contributed by atoms with Crippen molar-refractivity contribution in [3.8, 4) is 5.75 Å². The first-order chi connectivity index (χ1) is 32.9. The van der Waals surface area contributed by atoms with Crippen molar-refractivity contribution in [1.29, 1.82) is 0 Å². The number of benzene rings is 2. The number of nitrogens with one attached hydrogen (secondary N) is 7. The lowest BCUT2D eigenvalue weighted by Crippen LogP contribution is -2.45. The average Bonchev–Trinajstić information content (AvgIpc) is 3.63. The monoisotopic (exact) mass is 953 g/mol. The van der Waals surface area contributed by atoms with Gasteiger partial charge < -0.3 is 59.3 Å². The Morgan fingerprint density at radius 1 is 0.826 bits per heavy atom. The van der Waals surface area contributed by atoms with E-state index in [0.29, 0.717) is 30.6 Å². The molecule has 27 heteroatoms. The lowest BCUT2D eigenvalue weighted by molar-refractivity contribution is -0.139. The first kappa shape index (κ1) is 51.0. The predicted octanol–water partition coefficient (Wildman–Crippen LogP) is -1.58. The molecule has 0 bridgehead atoms. The van der Waals surface area contributed by atoms with Gasteiger partial charge in [0.2, 0.25) is 23.7 Å². The van der Waals surface area contributed by atoms with Gasteiger partial charge in [-0.3, -0.25) is 38.5 Å². The van der Waals surface area contributed by atoms with Crippen molar-refractivity contribution in [2.75, 3.05) is 41.7 Å². The number of nitrogen functional groups attached to an aromatic ring is 2. The molecule has 5 rings (SSSR count). The predicted molar refractivity (Wildman–Crippen MR) is 248 cm³/mol. The van der Waals surface area contributed by atoms with E-state index < -0.39 is 59.9 Å². The standard InChI is InChI=1S/C42H51N17O10/c1-21(51-31(62)20-49-30(61)7-3-2-4-15-59-32(63)12-13-33(59)64)38(65)53-23-9-10-25(27(16-23)35(43)57-58-46)39(66)47-14-5-6-28(41(68)69)54-40(67)26-11-8-22(17-29(26)60)48-18-24-19-50-37-34(52-24)36(44)55-42(45)56-37/h8-13,16-17,19,21,28,48,58,60H,2-7,14-15,18,20,46H2,1H3,(H2,43,57)(H,47,66)(H,49,61)(H,51,62)(H,53,65)(H,54,67)(H,68,69)(H4,44,45,50,55,56). The highest BCUT2D eigenvalue weighted by atomic mass is 16.4. The Hall–Kier alpha value is -9.01. The minimum Gasteiger partial charge on any atom is -0.507 e. The molecule has 0 spiro atoms. The molecule has 1 aliphatic rings. The van der Waals surface area contributed by atoms with Crippen LogP contribution in [-0.2, 0) is 35.3 Å². The Morgan fingerprint density at radius 3 is 2.26 bits per heavy atom. The van der Waals surface area contributed by atoms with Crippen molar-refractivity contribution in [2.45, 2.75) is 64.1 Å². The van der Waals surface area contributed by atoms with Gasteiger partial charge in [0.25, 0.3) is 23.6 Å². The summed E-state index contributed by atoms with van der Waals surface area (Å²) >= 11 is 0. The highest BCUT2D eigenvalue weighted by molar-refractivity contribution is 6.13. The Morgan fingerprint density at radius 2 is 1.55 bits per heavy atom. The Kier molecular flexibility index (Phi) is 17.7. The number of phenols is 1. The number of nitrogens with zero attached hydrogens (tertiary/aromatic N) is 6. The molecule has 3 heterocycles. The summed E-state index contributed by atoms with van der Waals surface area (Å²) in [7, 11) is 0. The first-order valence-electron chi connectivity index (χ1n) is 21.2. The van der Waals surface area contributed by atoms with Crippen LogP contribution in [0, 0.1) is 0 Å². The van der Waals surface area contributed by atoms with Crippen LogP contribution in [0.5, 0.6) is 5.75 Å². The first-order valence-corrected chi connectivity index (χ1v) is 21.2. The molecule has 69 heavy (non-hydrogen) atoms.